The maximum atomic E-state index is 3.70. The molecule has 0 amide bonds. The van der Waals surface area contributed by atoms with E-state index in [4.69, 9.17) is 0 Å². The zero-order valence-corrected chi connectivity index (χ0v) is 11.7. The van der Waals surface area contributed by atoms with E-state index in [0.717, 1.165) is 6.54 Å². The van der Waals surface area contributed by atoms with Gasteiger partial charge in [-0.3, -0.25) is 0 Å². The van der Waals surface area contributed by atoms with Gasteiger partial charge in [-0.1, -0.05) is 69.2 Å². The standard InChI is InChI=1S/C17H25N/c1-17(2)13-7-6-12-16(17)18-14-8-11-15-9-4-3-5-10-15/h3-5,8-11,16,18H,6-7,12-14H2,1-2H3. The highest BCUT2D eigenvalue weighted by atomic mass is 14.9. The molecule has 1 aliphatic rings. The van der Waals surface area contributed by atoms with Crippen molar-refractivity contribution in [1.29, 1.82) is 0 Å². The largest absolute Gasteiger partial charge is 0.310 e. The molecule has 2 rings (SSSR count). The minimum Gasteiger partial charge on any atom is -0.310 e. The molecule has 18 heavy (non-hydrogen) atoms. The Hall–Kier alpha value is -1.08. The fourth-order valence-electron chi connectivity index (χ4n) is 2.84. The Labute approximate surface area is 111 Å². The second-order valence-corrected chi connectivity index (χ2v) is 6.01. The lowest BCUT2D eigenvalue weighted by atomic mass is 9.73. The topological polar surface area (TPSA) is 12.0 Å². The Morgan fingerprint density at radius 1 is 1.22 bits per heavy atom. The highest BCUT2D eigenvalue weighted by Gasteiger charge is 2.31. The van der Waals surface area contributed by atoms with Gasteiger partial charge in [-0.05, 0) is 23.8 Å². The van der Waals surface area contributed by atoms with Crippen LogP contribution < -0.4 is 5.32 Å². The Morgan fingerprint density at radius 2 is 2.00 bits per heavy atom. The number of rotatable bonds is 4. The Bertz CT molecular complexity index is 378. The van der Waals surface area contributed by atoms with Crippen LogP contribution in [0.4, 0.5) is 0 Å². The first-order valence-corrected chi connectivity index (χ1v) is 7.13. The molecule has 0 heterocycles. The van der Waals surface area contributed by atoms with Crippen molar-refractivity contribution in [3.8, 4) is 0 Å². The van der Waals surface area contributed by atoms with Gasteiger partial charge in [-0.2, -0.15) is 0 Å². The van der Waals surface area contributed by atoms with Gasteiger partial charge >= 0.3 is 0 Å². The van der Waals surface area contributed by atoms with Crippen LogP contribution in [-0.4, -0.2) is 12.6 Å². The molecule has 1 heteroatoms. The van der Waals surface area contributed by atoms with Gasteiger partial charge in [-0.25, -0.2) is 0 Å². The monoisotopic (exact) mass is 243 g/mol. The maximum Gasteiger partial charge on any atom is 0.0140 e. The maximum absolute atomic E-state index is 3.70. The van der Waals surface area contributed by atoms with Crippen molar-refractivity contribution < 1.29 is 0 Å². The first kappa shape index (κ1) is 13.4. The van der Waals surface area contributed by atoms with Gasteiger partial charge in [0.05, 0.1) is 0 Å². The van der Waals surface area contributed by atoms with Crippen LogP contribution in [0, 0.1) is 5.41 Å². The van der Waals surface area contributed by atoms with Crippen LogP contribution in [0.1, 0.15) is 45.1 Å². The van der Waals surface area contributed by atoms with Gasteiger partial charge in [0.15, 0.2) is 0 Å². The summed E-state index contributed by atoms with van der Waals surface area (Å²) in [6.45, 7) is 5.76. The molecule has 0 radical (unpaired) electrons. The molecule has 1 N–H and O–H groups in total. The van der Waals surface area contributed by atoms with E-state index in [1.54, 1.807) is 0 Å². The number of hydrogen-bond donors (Lipinski definition) is 1. The van der Waals surface area contributed by atoms with Gasteiger partial charge < -0.3 is 5.32 Å². The highest BCUT2D eigenvalue weighted by molar-refractivity contribution is 5.48. The first-order valence-electron chi connectivity index (χ1n) is 7.13. The molecule has 1 atom stereocenters. The van der Waals surface area contributed by atoms with Crippen molar-refractivity contribution in [2.75, 3.05) is 6.54 Å². The van der Waals surface area contributed by atoms with E-state index in [2.05, 4.69) is 61.6 Å². The summed E-state index contributed by atoms with van der Waals surface area (Å²) < 4.78 is 0. The van der Waals surface area contributed by atoms with Crippen molar-refractivity contribution >= 4 is 6.08 Å². The van der Waals surface area contributed by atoms with E-state index < -0.39 is 0 Å². The predicted molar refractivity (Wildman–Crippen MR) is 79.5 cm³/mol. The molecule has 0 aromatic heterocycles. The zero-order valence-electron chi connectivity index (χ0n) is 11.7. The second kappa shape index (κ2) is 6.19. The summed E-state index contributed by atoms with van der Waals surface area (Å²) in [5.41, 5.74) is 1.74. The lowest BCUT2D eigenvalue weighted by molar-refractivity contribution is 0.172. The molecular weight excluding hydrogens is 218 g/mol. The van der Waals surface area contributed by atoms with Crippen LogP contribution in [0.2, 0.25) is 0 Å². The summed E-state index contributed by atoms with van der Waals surface area (Å²) in [5.74, 6) is 0. The third-order valence-electron chi connectivity index (χ3n) is 4.10. The van der Waals surface area contributed by atoms with Crippen LogP contribution in [0.3, 0.4) is 0 Å². The van der Waals surface area contributed by atoms with Crippen LogP contribution in [0.5, 0.6) is 0 Å². The molecule has 0 aliphatic heterocycles. The summed E-state index contributed by atoms with van der Waals surface area (Å²) >= 11 is 0. The molecule has 0 spiro atoms. The Morgan fingerprint density at radius 3 is 2.72 bits per heavy atom. The molecule has 1 aromatic rings. The summed E-state index contributed by atoms with van der Waals surface area (Å²) in [4.78, 5) is 0. The smallest absolute Gasteiger partial charge is 0.0140 e. The normalized spacial score (nSPS) is 23.3. The molecule has 1 fully saturated rings. The number of hydrogen-bond acceptors (Lipinski definition) is 1. The average molecular weight is 243 g/mol. The molecule has 1 unspecified atom stereocenters. The molecule has 1 nitrogen and oxygen atoms in total. The summed E-state index contributed by atoms with van der Waals surface area (Å²) in [7, 11) is 0. The van der Waals surface area contributed by atoms with Crippen LogP contribution >= 0.6 is 0 Å². The molecule has 1 saturated carbocycles. The minimum atomic E-state index is 0.457. The van der Waals surface area contributed by atoms with Crippen molar-refractivity contribution in [2.45, 2.75) is 45.6 Å². The van der Waals surface area contributed by atoms with Gasteiger partial charge in [0.1, 0.15) is 0 Å². The molecule has 1 aliphatic carbocycles. The van der Waals surface area contributed by atoms with Gasteiger partial charge in [0.25, 0.3) is 0 Å². The van der Waals surface area contributed by atoms with E-state index >= 15 is 0 Å². The summed E-state index contributed by atoms with van der Waals surface area (Å²) in [6.07, 6.45) is 9.89. The molecule has 98 valence electrons. The van der Waals surface area contributed by atoms with Crippen molar-refractivity contribution in [2.24, 2.45) is 5.41 Å². The summed E-state index contributed by atoms with van der Waals surface area (Å²) in [5, 5.41) is 3.70. The van der Waals surface area contributed by atoms with Gasteiger partial charge in [0.2, 0.25) is 0 Å². The van der Waals surface area contributed by atoms with Crippen LogP contribution in [0.25, 0.3) is 6.08 Å². The summed E-state index contributed by atoms with van der Waals surface area (Å²) in [6, 6.07) is 11.2. The van der Waals surface area contributed by atoms with Gasteiger partial charge in [-0.15, -0.1) is 0 Å². The minimum absolute atomic E-state index is 0.457. The number of benzene rings is 1. The predicted octanol–water partition coefficient (Wildman–Crippen LogP) is 4.26. The Balaban J connectivity index is 1.80. The third-order valence-corrected chi connectivity index (χ3v) is 4.10. The van der Waals surface area contributed by atoms with E-state index in [0.29, 0.717) is 11.5 Å². The SMILES string of the molecule is CC1(C)CCCCC1NCC=Cc1ccccc1. The molecule has 0 saturated heterocycles. The van der Waals surface area contributed by atoms with E-state index in [1.807, 2.05) is 0 Å². The number of nitrogens with one attached hydrogen (secondary N) is 1. The third kappa shape index (κ3) is 3.71. The quantitative estimate of drug-likeness (QED) is 0.833. The second-order valence-electron chi connectivity index (χ2n) is 6.01. The van der Waals surface area contributed by atoms with E-state index in [9.17, 15) is 0 Å². The van der Waals surface area contributed by atoms with Gasteiger partial charge in [0, 0.05) is 12.6 Å². The lowest BCUT2D eigenvalue weighted by Gasteiger charge is -2.39. The molecule has 1 aromatic carbocycles. The van der Waals surface area contributed by atoms with Crippen LogP contribution in [0.15, 0.2) is 36.4 Å². The molecular formula is C17H25N. The average Bonchev–Trinajstić information content (AvgIpc) is 2.37. The lowest BCUT2D eigenvalue weighted by Crippen LogP contribution is -2.44. The Kier molecular flexibility index (Phi) is 4.60. The van der Waals surface area contributed by atoms with E-state index in [-0.39, 0.29) is 0 Å². The van der Waals surface area contributed by atoms with Crippen molar-refractivity contribution in [1.82, 2.24) is 5.32 Å². The molecule has 0 bridgehead atoms. The van der Waals surface area contributed by atoms with Crippen LogP contribution in [-0.2, 0) is 0 Å². The fraction of sp³-hybridized carbons (Fsp3) is 0.529. The van der Waals surface area contributed by atoms with Crippen molar-refractivity contribution in [3.05, 3.63) is 42.0 Å². The van der Waals surface area contributed by atoms with E-state index in [1.165, 1.54) is 31.2 Å². The fourth-order valence-corrected chi connectivity index (χ4v) is 2.84. The first-order chi connectivity index (χ1) is 8.68. The zero-order chi connectivity index (χ0) is 12.8. The van der Waals surface area contributed by atoms with Crippen molar-refractivity contribution in [3.63, 3.8) is 0 Å². The highest BCUT2D eigenvalue weighted by Crippen LogP contribution is 2.35.